The second kappa shape index (κ2) is 18.9. The van der Waals surface area contributed by atoms with Crippen molar-refractivity contribution in [2.75, 3.05) is 24.7 Å². The average molecular weight is 836 g/mol. The van der Waals surface area contributed by atoms with Crippen LogP contribution in [0.4, 0.5) is 4.79 Å². The van der Waals surface area contributed by atoms with Gasteiger partial charge in [-0.2, -0.15) is 0 Å². The highest BCUT2D eigenvalue weighted by Crippen LogP contribution is 2.58. The lowest BCUT2D eigenvalue weighted by molar-refractivity contribution is -0.199. The topological polar surface area (TPSA) is 151 Å². The van der Waals surface area contributed by atoms with E-state index in [0.717, 1.165) is 58.6 Å². The van der Waals surface area contributed by atoms with Gasteiger partial charge >= 0.3 is 12.1 Å². The van der Waals surface area contributed by atoms with E-state index in [1.165, 1.54) is 0 Å². The van der Waals surface area contributed by atoms with Gasteiger partial charge in [-0.1, -0.05) is 104 Å². The van der Waals surface area contributed by atoms with Crippen molar-refractivity contribution in [3.63, 3.8) is 0 Å². The molecule has 59 heavy (non-hydrogen) atoms. The maximum absolute atomic E-state index is 13.6. The number of benzene rings is 4. The number of nitrogens with zero attached hydrogens (tertiary/aromatic N) is 1. The normalized spacial score (nSPS) is 17.4. The fourth-order valence-corrected chi connectivity index (χ4v) is 12.1. The number of alkyl carbamates (subject to hydrolysis) is 1. The van der Waals surface area contributed by atoms with E-state index in [1.54, 1.807) is 41.7 Å². The number of aliphatic hydroxyl groups is 1. The molecule has 7 rings (SSSR count). The van der Waals surface area contributed by atoms with Crippen LogP contribution >= 0.6 is 23.5 Å². The number of fused-ring (bicyclic) bond motifs is 3. The molecular weight excluding hydrogens is 787 g/mol. The highest BCUT2D eigenvalue weighted by Gasteiger charge is 2.54. The van der Waals surface area contributed by atoms with Gasteiger partial charge in [0.05, 0.1) is 4.08 Å². The van der Waals surface area contributed by atoms with Crippen molar-refractivity contribution in [3.8, 4) is 11.1 Å². The van der Waals surface area contributed by atoms with Gasteiger partial charge in [0.2, 0.25) is 0 Å². The first-order chi connectivity index (χ1) is 28.6. The summed E-state index contributed by atoms with van der Waals surface area (Å²) in [6, 6.07) is 31.5. The number of carbonyl (C=O) groups excluding carboxylic acids is 5. The fraction of sp³-hybridized carbons (Fsp3) is 0.370. The molecule has 0 aromatic heterocycles. The zero-order chi connectivity index (χ0) is 41.4. The van der Waals surface area contributed by atoms with Gasteiger partial charge in [-0.3, -0.25) is 14.4 Å². The predicted molar refractivity (Wildman–Crippen MR) is 228 cm³/mol. The second-order valence-electron chi connectivity index (χ2n) is 15.0. The van der Waals surface area contributed by atoms with Crippen LogP contribution in [-0.2, 0) is 29.6 Å². The Labute approximate surface area is 353 Å². The number of imide groups is 1. The van der Waals surface area contributed by atoms with Crippen molar-refractivity contribution in [2.45, 2.75) is 79.9 Å². The Bertz CT molecular complexity index is 2110. The van der Waals surface area contributed by atoms with Crippen molar-refractivity contribution < 1.29 is 38.7 Å². The van der Waals surface area contributed by atoms with Gasteiger partial charge < -0.3 is 25.3 Å². The number of rotatable bonds is 16. The molecule has 2 atom stereocenters. The lowest BCUT2D eigenvalue weighted by atomic mass is 9.80. The van der Waals surface area contributed by atoms with E-state index in [-0.39, 0.29) is 44.2 Å². The Kier molecular flexibility index (Phi) is 13.4. The number of hydrogen-bond acceptors (Lipinski definition) is 10. The van der Waals surface area contributed by atoms with E-state index < -0.39 is 39.6 Å². The number of nitrogens with one attached hydrogen (secondary N) is 2. The molecule has 2 heterocycles. The molecule has 3 aliphatic rings. The van der Waals surface area contributed by atoms with Crippen LogP contribution in [0.25, 0.3) is 11.1 Å². The van der Waals surface area contributed by atoms with Crippen LogP contribution in [0.1, 0.15) is 96.8 Å². The number of ether oxygens (including phenoxy) is 1. The molecule has 4 aromatic rings. The van der Waals surface area contributed by atoms with E-state index in [0.29, 0.717) is 29.0 Å². The van der Waals surface area contributed by atoms with Crippen LogP contribution in [0.3, 0.4) is 0 Å². The van der Waals surface area contributed by atoms with Crippen molar-refractivity contribution in [1.29, 1.82) is 0 Å². The Morgan fingerprint density at radius 1 is 0.847 bits per heavy atom. The minimum Gasteiger partial charge on any atom is -0.449 e. The summed E-state index contributed by atoms with van der Waals surface area (Å²) in [5.41, 5.74) is 4.71. The Balaban J connectivity index is 0.987. The van der Waals surface area contributed by atoms with Crippen LogP contribution in [-0.4, -0.2) is 74.7 Å². The summed E-state index contributed by atoms with van der Waals surface area (Å²) >= 11 is 3.59. The molecule has 2 saturated heterocycles. The van der Waals surface area contributed by atoms with Gasteiger partial charge in [-0.05, 0) is 89.1 Å². The Hall–Kier alpha value is -5.11. The van der Waals surface area contributed by atoms with E-state index in [4.69, 9.17) is 9.57 Å². The van der Waals surface area contributed by atoms with Crippen LogP contribution in [0, 0.1) is 0 Å². The summed E-state index contributed by atoms with van der Waals surface area (Å²) in [7, 11) is 0. The third-order valence-electron chi connectivity index (χ3n) is 11.1. The van der Waals surface area contributed by atoms with Gasteiger partial charge in [0, 0.05) is 30.9 Å². The summed E-state index contributed by atoms with van der Waals surface area (Å²) in [5, 5.41) is 18.9. The number of thioether (sulfide) groups is 2. The summed E-state index contributed by atoms with van der Waals surface area (Å²) in [6.45, 7) is 2.41. The first-order valence-corrected chi connectivity index (χ1v) is 22.3. The molecule has 0 bridgehead atoms. The number of amides is 4. The van der Waals surface area contributed by atoms with Crippen molar-refractivity contribution in [1.82, 2.24) is 15.7 Å². The maximum Gasteiger partial charge on any atom is 0.407 e. The molecule has 11 nitrogen and oxygen atoms in total. The largest absolute Gasteiger partial charge is 0.449 e. The van der Waals surface area contributed by atoms with Gasteiger partial charge in [-0.25, -0.2) is 9.59 Å². The quantitative estimate of drug-likeness (QED) is 0.0757. The van der Waals surface area contributed by atoms with Gasteiger partial charge in [0.1, 0.15) is 18.2 Å². The maximum atomic E-state index is 13.6. The zero-order valence-electron chi connectivity index (χ0n) is 33.0. The third kappa shape index (κ3) is 8.92. The number of carbonyl (C=O) groups is 5. The minimum atomic E-state index is -1.36. The molecule has 1 unspecified atom stereocenters. The average Bonchev–Trinajstić information content (AvgIpc) is 3.76. The molecule has 0 spiro atoms. The Morgan fingerprint density at radius 3 is 2.14 bits per heavy atom. The molecule has 0 radical (unpaired) electrons. The van der Waals surface area contributed by atoms with Crippen LogP contribution in [0.5, 0.6) is 0 Å². The molecule has 13 heteroatoms. The minimum absolute atomic E-state index is 0.0258. The number of hydrogen-bond donors (Lipinski definition) is 3. The van der Waals surface area contributed by atoms with Crippen LogP contribution in [0.2, 0.25) is 0 Å². The van der Waals surface area contributed by atoms with Crippen molar-refractivity contribution in [2.24, 2.45) is 0 Å². The molecule has 4 aromatic carbocycles. The van der Waals surface area contributed by atoms with Crippen molar-refractivity contribution in [3.05, 3.63) is 131 Å². The Morgan fingerprint density at radius 2 is 1.47 bits per heavy atom. The van der Waals surface area contributed by atoms with Crippen LogP contribution in [0.15, 0.2) is 103 Å². The summed E-state index contributed by atoms with van der Waals surface area (Å²) in [6.07, 6.45) is 2.66. The highest BCUT2D eigenvalue weighted by atomic mass is 32.2. The van der Waals surface area contributed by atoms with Crippen molar-refractivity contribution >= 4 is 53.3 Å². The van der Waals surface area contributed by atoms with Gasteiger partial charge in [-0.15, -0.1) is 28.6 Å². The molecule has 0 saturated carbocycles. The summed E-state index contributed by atoms with van der Waals surface area (Å²) < 4.78 is 5.15. The first-order valence-electron chi connectivity index (χ1n) is 20.3. The van der Waals surface area contributed by atoms with E-state index >= 15 is 0 Å². The molecule has 2 aliphatic heterocycles. The number of hydroxylamine groups is 2. The third-order valence-corrected chi connectivity index (χ3v) is 14.8. The van der Waals surface area contributed by atoms with E-state index in [9.17, 15) is 29.1 Å². The molecule has 308 valence electrons. The summed E-state index contributed by atoms with van der Waals surface area (Å²) in [5.74, 6) is -0.855. The van der Waals surface area contributed by atoms with E-state index in [1.807, 2.05) is 84.9 Å². The fourth-order valence-electron chi connectivity index (χ4n) is 8.23. The smallest absolute Gasteiger partial charge is 0.407 e. The predicted octanol–water partition coefficient (Wildman–Crippen LogP) is 7.70. The molecule has 4 amide bonds. The van der Waals surface area contributed by atoms with Crippen LogP contribution < -0.4 is 10.6 Å². The SMILES string of the molecule is CCCC1(C(O)(c2ccccc2)c2cccc(C(=O)NCCCC[C@H](NC(=O)OCC3c4ccccc4-c4ccccc43)C(=O)ON3C(=O)CCC3=O)c2)SCCCS1. The molecular formula is C46H49N3O8S2. The molecule has 3 N–H and O–H groups in total. The van der Waals surface area contributed by atoms with Gasteiger partial charge in [0.25, 0.3) is 17.7 Å². The number of unbranched alkanes of at least 4 members (excludes halogenated alkanes) is 1. The molecule has 1 aliphatic carbocycles. The standard InChI is InChI=1S/C46H49N3O8S2/c1-2-25-45(58-27-13-28-59-45)46(55,32-15-4-3-5-16-32)33-17-12-14-31(29-33)42(52)47-26-11-10-22-39(43(53)57-49-40(50)23-24-41(49)51)48-44(54)56-30-38-36-20-8-6-18-34(36)35-19-7-9-21-37(35)38/h3-9,12,14-21,29,38-39,55H,2,10-11,13,22-28,30H2,1H3,(H,47,52)(H,48,54)/t39-,46?/m0/s1. The second-order valence-corrected chi connectivity index (χ2v) is 18.0. The zero-order valence-corrected chi connectivity index (χ0v) is 34.7. The van der Waals surface area contributed by atoms with Gasteiger partial charge in [0.15, 0.2) is 0 Å². The highest BCUT2D eigenvalue weighted by molar-refractivity contribution is 8.18. The monoisotopic (exact) mass is 835 g/mol. The molecule has 2 fully saturated rings. The lowest BCUT2D eigenvalue weighted by Gasteiger charge is -2.49. The summed E-state index contributed by atoms with van der Waals surface area (Å²) in [4.78, 5) is 69.8. The lowest BCUT2D eigenvalue weighted by Crippen LogP contribution is -2.49. The van der Waals surface area contributed by atoms with E-state index in [2.05, 4.69) is 17.6 Å². The first kappa shape index (κ1) is 42.0.